The fourth-order valence-corrected chi connectivity index (χ4v) is 1.97. The van der Waals surface area contributed by atoms with E-state index in [0.29, 0.717) is 11.3 Å². The number of imidazole rings is 1. The number of alkyl halides is 1. The van der Waals surface area contributed by atoms with Gasteiger partial charge < -0.3 is 9.88 Å². The topological polar surface area (TPSA) is 72.7 Å². The minimum Gasteiger partial charge on any atom is -0.315 e. The number of hydrogen-bond acceptors (Lipinski definition) is 4. The lowest BCUT2D eigenvalue weighted by molar-refractivity contribution is -0.118. The molecule has 0 spiro atoms. The molecule has 6 nitrogen and oxygen atoms in total. The molecule has 1 amide bonds. The van der Waals surface area contributed by atoms with Crippen LogP contribution in [-0.4, -0.2) is 29.9 Å². The van der Waals surface area contributed by atoms with Crippen LogP contribution in [0.25, 0.3) is 11.2 Å². The molecule has 2 rings (SSSR count). The summed E-state index contributed by atoms with van der Waals surface area (Å²) in [6.45, 7) is 4.55. The van der Waals surface area contributed by atoms with Crippen LogP contribution in [0.5, 0.6) is 0 Å². The van der Waals surface area contributed by atoms with E-state index in [2.05, 4.69) is 42.9 Å². The summed E-state index contributed by atoms with van der Waals surface area (Å²) in [7, 11) is 0. The summed E-state index contributed by atoms with van der Waals surface area (Å²) in [6, 6.07) is 0. The number of anilines is 1. The highest BCUT2D eigenvalue weighted by Gasteiger charge is 2.14. The Hall–Kier alpha value is -1.25. The van der Waals surface area contributed by atoms with E-state index in [1.165, 1.54) is 6.33 Å². The Labute approximate surface area is 125 Å². The van der Waals surface area contributed by atoms with E-state index in [9.17, 15) is 4.79 Å². The molecule has 102 valence electrons. The van der Waals surface area contributed by atoms with Gasteiger partial charge in [-0.3, -0.25) is 4.79 Å². The van der Waals surface area contributed by atoms with Crippen molar-refractivity contribution in [3.63, 3.8) is 0 Å². The molecular weight excluding hydrogens is 357 g/mol. The van der Waals surface area contributed by atoms with E-state index in [-0.39, 0.29) is 11.8 Å². The zero-order chi connectivity index (χ0) is 13.8. The maximum Gasteiger partial charge on any atom is 0.228 e. The van der Waals surface area contributed by atoms with Crippen molar-refractivity contribution in [3.05, 3.63) is 12.7 Å². The van der Waals surface area contributed by atoms with Gasteiger partial charge in [-0.25, -0.2) is 15.0 Å². The summed E-state index contributed by atoms with van der Waals surface area (Å²) in [5, 5.41) is 2.79. The van der Waals surface area contributed by atoms with Crippen LogP contribution in [0.3, 0.4) is 0 Å². The van der Waals surface area contributed by atoms with Crippen molar-refractivity contribution >= 4 is 45.5 Å². The van der Waals surface area contributed by atoms with E-state index >= 15 is 0 Å². The van der Waals surface area contributed by atoms with Crippen LogP contribution in [0, 0.1) is 5.92 Å². The van der Waals surface area contributed by atoms with Crippen molar-refractivity contribution < 1.29 is 4.79 Å². The van der Waals surface area contributed by atoms with Gasteiger partial charge in [0.2, 0.25) is 5.91 Å². The summed E-state index contributed by atoms with van der Waals surface area (Å²) in [6.07, 6.45) is 4.26. The van der Waals surface area contributed by atoms with Crippen LogP contribution in [0.15, 0.2) is 12.7 Å². The number of carbonyl (C=O) groups is 1. The first-order valence-corrected chi connectivity index (χ1v) is 7.68. The molecule has 0 aliphatic carbocycles. The molecule has 0 aliphatic heterocycles. The Kier molecular flexibility index (Phi) is 4.67. The second-order valence-electron chi connectivity index (χ2n) is 4.52. The molecule has 2 heterocycles. The summed E-state index contributed by atoms with van der Waals surface area (Å²) >= 11 is 2.34. The highest BCUT2D eigenvalue weighted by Crippen LogP contribution is 2.18. The molecule has 0 saturated carbocycles. The maximum atomic E-state index is 11.7. The van der Waals surface area contributed by atoms with E-state index in [1.807, 2.05) is 18.4 Å². The molecule has 0 fully saturated rings. The second kappa shape index (κ2) is 6.27. The van der Waals surface area contributed by atoms with Crippen molar-refractivity contribution in [1.29, 1.82) is 0 Å². The third-order valence-corrected chi connectivity index (χ3v) is 3.46. The van der Waals surface area contributed by atoms with Gasteiger partial charge in [-0.2, -0.15) is 0 Å². The largest absolute Gasteiger partial charge is 0.315 e. The standard InChI is InChI=1S/C12H16IN5O/c1-8(2)12(19)17-10-9-11(15-6-14-10)18(7-16-9)5-3-4-13/h6-8H,3-5H2,1-2H3,(H,14,15,17,19). The predicted octanol–water partition coefficient (Wildman–Crippen LogP) is 2.25. The third-order valence-electron chi connectivity index (χ3n) is 2.70. The van der Waals surface area contributed by atoms with Crippen molar-refractivity contribution in [1.82, 2.24) is 19.5 Å². The molecule has 2 aromatic rings. The van der Waals surface area contributed by atoms with Gasteiger partial charge in [-0.05, 0) is 6.42 Å². The molecule has 0 aromatic carbocycles. The van der Waals surface area contributed by atoms with Crippen LogP contribution in [-0.2, 0) is 11.3 Å². The highest BCUT2D eigenvalue weighted by atomic mass is 127. The third kappa shape index (κ3) is 3.20. The zero-order valence-electron chi connectivity index (χ0n) is 10.9. The summed E-state index contributed by atoms with van der Waals surface area (Å²) in [5.41, 5.74) is 1.41. The van der Waals surface area contributed by atoms with Gasteiger partial charge in [0, 0.05) is 16.9 Å². The molecule has 0 radical (unpaired) electrons. The van der Waals surface area contributed by atoms with Crippen LogP contribution in [0.1, 0.15) is 20.3 Å². The molecule has 0 unspecified atom stereocenters. The van der Waals surface area contributed by atoms with Crippen molar-refractivity contribution in [2.75, 3.05) is 9.74 Å². The van der Waals surface area contributed by atoms with E-state index < -0.39 is 0 Å². The average molecular weight is 373 g/mol. The number of halogens is 1. The van der Waals surface area contributed by atoms with Gasteiger partial charge >= 0.3 is 0 Å². The number of aryl methyl sites for hydroxylation is 1. The fraction of sp³-hybridized carbons (Fsp3) is 0.500. The second-order valence-corrected chi connectivity index (χ2v) is 5.60. The van der Waals surface area contributed by atoms with Gasteiger partial charge in [-0.1, -0.05) is 36.4 Å². The van der Waals surface area contributed by atoms with Crippen molar-refractivity contribution in [2.24, 2.45) is 5.92 Å². The normalized spacial score (nSPS) is 11.2. The quantitative estimate of drug-likeness (QED) is 0.645. The molecule has 0 bridgehead atoms. The number of fused-ring (bicyclic) bond motifs is 1. The number of nitrogens with zero attached hydrogens (tertiary/aromatic N) is 4. The Balaban J connectivity index is 2.31. The molecule has 19 heavy (non-hydrogen) atoms. The Bertz CT molecular complexity index is 581. The van der Waals surface area contributed by atoms with Crippen LogP contribution < -0.4 is 5.32 Å². The minimum atomic E-state index is -0.0916. The van der Waals surface area contributed by atoms with Gasteiger partial charge in [-0.15, -0.1) is 0 Å². The molecule has 2 aromatic heterocycles. The number of carbonyl (C=O) groups excluding carboxylic acids is 1. The lowest BCUT2D eigenvalue weighted by Crippen LogP contribution is -2.18. The molecule has 1 N–H and O–H groups in total. The number of amides is 1. The number of nitrogens with one attached hydrogen (secondary N) is 1. The monoisotopic (exact) mass is 373 g/mol. The van der Waals surface area contributed by atoms with Crippen molar-refractivity contribution in [3.8, 4) is 0 Å². The van der Waals surface area contributed by atoms with Gasteiger partial charge in [0.05, 0.1) is 6.33 Å². The molecule has 7 heteroatoms. The van der Waals surface area contributed by atoms with Gasteiger partial charge in [0.1, 0.15) is 6.33 Å². The fourth-order valence-electron chi connectivity index (χ4n) is 1.63. The van der Waals surface area contributed by atoms with Gasteiger partial charge in [0.25, 0.3) is 0 Å². The summed E-state index contributed by atoms with van der Waals surface area (Å²) < 4.78 is 3.07. The van der Waals surface area contributed by atoms with E-state index in [1.54, 1.807) is 6.33 Å². The first-order chi connectivity index (χ1) is 9.13. The predicted molar refractivity (Wildman–Crippen MR) is 82.3 cm³/mol. The first-order valence-electron chi connectivity index (χ1n) is 6.16. The lowest BCUT2D eigenvalue weighted by atomic mass is 10.2. The summed E-state index contributed by atoms with van der Waals surface area (Å²) in [5.74, 6) is 0.324. The van der Waals surface area contributed by atoms with Gasteiger partial charge in [0.15, 0.2) is 17.0 Å². The van der Waals surface area contributed by atoms with Crippen molar-refractivity contribution in [2.45, 2.75) is 26.8 Å². The number of hydrogen-bond donors (Lipinski definition) is 1. The smallest absolute Gasteiger partial charge is 0.228 e. The lowest BCUT2D eigenvalue weighted by Gasteiger charge is -2.07. The Morgan fingerprint density at radius 1 is 1.42 bits per heavy atom. The molecule has 0 atom stereocenters. The first kappa shape index (κ1) is 14.2. The molecule has 0 saturated heterocycles. The van der Waals surface area contributed by atoms with E-state index in [0.717, 1.165) is 23.0 Å². The Morgan fingerprint density at radius 2 is 2.21 bits per heavy atom. The Morgan fingerprint density at radius 3 is 2.89 bits per heavy atom. The minimum absolute atomic E-state index is 0.0678. The average Bonchev–Trinajstić information content (AvgIpc) is 2.80. The SMILES string of the molecule is CC(C)C(=O)Nc1ncnc2c1ncn2CCCI. The summed E-state index contributed by atoms with van der Waals surface area (Å²) in [4.78, 5) is 24.4. The highest BCUT2D eigenvalue weighted by molar-refractivity contribution is 14.1. The number of rotatable bonds is 5. The van der Waals surface area contributed by atoms with Crippen LogP contribution in [0.4, 0.5) is 5.82 Å². The maximum absolute atomic E-state index is 11.7. The zero-order valence-corrected chi connectivity index (χ0v) is 13.1. The molecular formula is C12H16IN5O. The van der Waals surface area contributed by atoms with Crippen LogP contribution in [0.2, 0.25) is 0 Å². The van der Waals surface area contributed by atoms with E-state index in [4.69, 9.17) is 0 Å². The number of aromatic nitrogens is 4. The molecule has 0 aliphatic rings. The van der Waals surface area contributed by atoms with Crippen LogP contribution >= 0.6 is 22.6 Å².